The van der Waals surface area contributed by atoms with Gasteiger partial charge in [0.2, 0.25) is 10.0 Å². The molecule has 3 aliphatic rings. The molecule has 0 aromatic heterocycles. The molecule has 2 atom stereocenters. The van der Waals surface area contributed by atoms with E-state index in [1.807, 2.05) is 4.31 Å². The summed E-state index contributed by atoms with van der Waals surface area (Å²) in [7, 11) is -2.97. The smallest absolute Gasteiger partial charge is 0.212 e. The molecule has 0 spiro atoms. The maximum atomic E-state index is 12.2. The van der Waals surface area contributed by atoms with Crippen molar-refractivity contribution in [3.63, 3.8) is 0 Å². The monoisotopic (exact) mass is 249 g/mol. The zero-order valence-electron chi connectivity index (χ0n) is 8.60. The summed E-state index contributed by atoms with van der Waals surface area (Å²) in [6, 6.07) is 0.411. The van der Waals surface area contributed by atoms with Crippen LogP contribution in [0.1, 0.15) is 38.5 Å². The van der Waals surface area contributed by atoms with E-state index in [0.29, 0.717) is 0 Å². The molecule has 3 rings (SSSR count). The van der Waals surface area contributed by atoms with E-state index >= 15 is 0 Å². The van der Waals surface area contributed by atoms with Crippen molar-refractivity contribution in [1.29, 1.82) is 0 Å². The second-order valence-corrected chi connectivity index (χ2v) is 7.76. The van der Waals surface area contributed by atoms with Crippen LogP contribution in [0.4, 0.5) is 0 Å². The summed E-state index contributed by atoms with van der Waals surface area (Å²) in [4.78, 5) is 0. The number of alkyl halides is 1. The van der Waals surface area contributed by atoms with Crippen molar-refractivity contribution >= 4 is 21.6 Å². The van der Waals surface area contributed by atoms with Crippen LogP contribution in [0, 0.1) is 0 Å². The first-order valence-corrected chi connectivity index (χ1v) is 7.69. The Morgan fingerprint density at radius 3 is 2.00 bits per heavy atom. The van der Waals surface area contributed by atoms with Crippen molar-refractivity contribution in [2.24, 2.45) is 0 Å². The first-order valence-electron chi connectivity index (χ1n) is 5.75. The van der Waals surface area contributed by atoms with E-state index in [0.717, 1.165) is 38.5 Å². The molecular weight excluding hydrogens is 234 g/mol. The lowest BCUT2D eigenvalue weighted by Gasteiger charge is -2.35. The van der Waals surface area contributed by atoms with Crippen LogP contribution in [-0.4, -0.2) is 35.4 Å². The molecule has 0 aromatic carbocycles. The fourth-order valence-corrected chi connectivity index (χ4v) is 5.72. The quantitative estimate of drug-likeness (QED) is 0.699. The molecule has 3 fully saturated rings. The fourth-order valence-electron chi connectivity index (χ4n) is 3.02. The van der Waals surface area contributed by atoms with Crippen LogP contribution in [0.2, 0.25) is 0 Å². The zero-order valence-corrected chi connectivity index (χ0v) is 10.2. The molecule has 2 unspecified atom stereocenters. The Kier molecular flexibility index (Phi) is 2.31. The van der Waals surface area contributed by atoms with Gasteiger partial charge in [-0.1, -0.05) is 0 Å². The number of nitrogens with zero attached hydrogens (tertiary/aromatic N) is 1. The third-order valence-corrected chi connectivity index (χ3v) is 6.70. The van der Waals surface area contributed by atoms with Crippen LogP contribution in [0.3, 0.4) is 0 Å². The average molecular weight is 250 g/mol. The number of hydrogen-bond donors (Lipinski definition) is 0. The van der Waals surface area contributed by atoms with Gasteiger partial charge in [0.15, 0.2) is 0 Å². The van der Waals surface area contributed by atoms with Gasteiger partial charge in [-0.2, -0.15) is 4.31 Å². The molecule has 3 nitrogen and oxygen atoms in total. The second-order valence-electron chi connectivity index (χ2n) is 5.03. The number of fused-ring (bicyclic) bond motifs is 2. The minimum atomic E-state index is -2.97. The largest absolute Gasteiger partial charge is 0.217 e. The standard InChI is InChI=1S/C10H16ClNO2S/c11-7-5-8-1-2-9(6-7)12(8)15(13,14)10-3-4-10/h7-10H,1-6H2. The van der Waals surface area contributed by atoms with Crippen molar-refractivity contribution in [2.75, 3.05) is 0 Å². The zero-order chi connectivity index (χ0) is 10.6. The van der Waals surface area contributed by atoms with Crippen molar-refractivity contribution in [1.82, 2.24) is 4.31 Å². The lowest BCUT2D eigenvalue weighted by molar-refractivity contribution is 0.251. The van der Waals surface area contributed by atoms with Crippen LogP contribution >= 0.6 is 11.6 Å². The first-order chi connectivity index (χ1) is 7.09. The summed E-state index contributed by atoms with van der Waals surface area (Å²) in [6.07, 6.45) is 5.46. The molecule has 1 saturated carbocycles. The van der Waals surface area contributed by atoms with Crippen LogP contribution in [-0.2, 0) is 10.0 Å². The molecule has 2 bridgehead atoms. The molecule has 0 radical (unpaired) electrons. The summed E-state index contributed by atoms with van der Waals surface area (Å²) < 4.78 is 26.2. The molecule has 5 heteroatoms. The van der Waals surface area contributed by atoms with E-state index in [-0.39, 0.29) is 22.7 Å². The van der Waals surface area contributed by atoms with Crippen molar-refractivity contribution in [3.05, 3.63) is 0 Å². The number of hydrogen-bond acceptors (Lipinski definition) is 2. The van der Waals surface area contributed by atoms with Gasteiger partial charge in [0.1, 0.15) is 0 Å². The van der Waals surface area contributed by atoms with Crippen molar-refractivity contribution in [3.8, 4) is 0 Å². The Morgan fingerprint density at radius 1 is 1.00 bits per heavy atom. The van der Waals surface area contributed by atoms with Gasteiger partial charge in [-0.05, 0) is 38.5 Å². The summed E-state index contributed by atoms with van der Waals surface area (Å²) in [5.74, 6) is 0. The molecule has 0 N–H and O–H groups in total. The minimum absolute atomic E-state index is 0.0625. The molecule has 2 heterocycles. The highest BCUT2D eigenvalue weighted by Gasteiger charge is 2.51. The van der Waals surface area contributed by atoms with Crippen LogP contribution in [0.15, 0.2) is 0 Å². The maximum absolute atomic E-state index is 12.2. The van der Waals surface area contributed by atoms with Gasteiger partial charge in [-0.3, -0.25) is 0 Å². The third-order valence-electron chi connectivity index (χ3n) is 3.85. The lowest BCUT2D eigenvalue weighted by Crippen LogP contribution is -2.48. The van der Waals surface area contributed by atoms with Crippen LogP contribution in [0.25, 0.3) is 0 Å². The number of halogens is 1. The third kappa shape index (κ3) is 1.61. The molecule has 15 heavy (non-hydrogen) atoms. The van der Waals surface area contributed by atoms with Crippen molar-refractivity contribution < 1.29 is 8.42 Å². The highest BCUT2D eigenvalue weighted by molar-refractivity contribution is 7.90. The topological polar surface area (TPSA) is 37.4 Å². The van der Waals surface area contributed by atoms with Gasteiger partial charge in [-0.25, -0.2) is 8.42 Å². The Hall–Kier alpha value is 0.200. The SMILES string of the molecule is O=S(=O)(C1CC1)N1C2CCC1CC(Cl)C2. The van der Waals surface area contributed by atoms with E-state index in [9.17, 15) is 8.42 Å². The van der Waals surface area contributed by atoms with Gasteiger partial charge >= 0.3 is 0 Å². The summed E-state index contributed by atoms with van der Waals surface area (Å²) in [5.41, 5.74) is 0. The minimum Gasteiger partial charge on any atom is -0.212 e. The number of piperidine rings is 1. The Bertz CT molecular complexity index is 352. The van der Waals surface area contributed by atoms with Crippen molar-refractivity contribution in [2.45, 2.75) is 61.2 Å². The highest BCUT2D eigenvalue weighted by atomic mass is 35.5. The van der Waals surface area contributed by atoms with Gasteiger partial charge in [-0.15, -0.1) is 11.6 Å². The summed E-state index contributed by atoms with van der Waals surface area (Å²) in [6.45, 7) is 0. The normalized spacial score (nSPS) is 42.1. The average Bonchev–Trinajstić information content (AvgIpc) is 2.93. The van der Waals surface area contributed by atoms with E-state index in [1.54, 1.807) is 0 Å². The fraction of sp³-hybridized carbons (Fsp3) is 1.00. The molecule has 2 aliphatic heterocycles. The summed E-state index contributed by atoms with van der Waals surface area (Å²) >= 11 is 6.14. The lowest BCUT2D eigenvalue weighted by atomic mass is 10.1. The van der Waals surface area contributed by atoms with E-state index in [4.69, 9.17) is 11.6 Å². The Morgan fingerprint density at radius 2 is 1.53 bits per heavy atom. The van der Waals surface area contributed by atoms with Gasteiger partial charge in [0.05, 0.1) is 5.25 Å². The molecule has 0 aromatic rings. The molecular formula is C10H16ClNO2S. The van der Waals surface area contributed by atoms with Crippen LogP contribution in [0.5, 0.6) is 0 Å². The Labute approximate surface area is 95.8 Å². The van der Waals surface area contributed by atoms with Gasteiger partial charge < -0.3 is 0 Å². The summed E-state index contributed by atoms with van der Waals surface area (Å²) in [5, 5.41) is 0.126. The van der Waals surface area contributed by atoms with E-state index in [2.05, 4.69) is 0 Å². The van der Waals surface area contributed by atoms with Gasteiger partial charge in [0, 0.05) is 17.5 Å². The first kappa shape index (κ1) is 10.4. The second kappa shape index (κ2) is 3.34. The van der Waals surface area contributed by atoms with Crippen LogP contribution < -0.4 is 0 Å². The van der Waals surface area contributed by atoms with E-state index < -0.39 is 10.0 Å². The molecule has 1 aliphatic carbocycles. The Balaban J connectivity index is 1.88. The van der Waals surface area contributed by atoms with Gasteiger partial charge in [0.25, 0.3) is 0 Å². The number of rotatable bonds is 2. The number of sulfonamides is 1. The highest BCUT2D eigenvalue weighted by Crippen LogP contribution is 2.43. The van der Waals surface area contributed by atoms with E-state index in [1.165, 1.54) is 0 Å². The molecule has 86 valence electrons. The molecule has 0 amide bonds. The molecule has 2 saturated heterocycles. The predicted octanol–water partition coefficient (Wildman–Crippen LogP) is 1.71. The maximum Gasteiger partial charge on any atom is 0.217 e. The predicted molar refractivity (Wildman–Crippen MR) is 59.5 cm³/mol.